The minimum Gasteiger partial charge on any atom is -0.403 e. The summed E-state index contributed by atoms with van der Waals surface area (Å²) < 4.78 is 5.61. The summed E-state index contributed by atoms with van der Waals surface area (Å²) in [5, 5.41) is 10.6. The first-order valence-electron chi connectivity index (χ1n) is 8.97. The quantitative estimate of drug-likeness (QED) is 0.532. The van der Waals surface area contributed by atoms with Crippen molar-refractivity contribution in [2.24, 2.45) is 0 Å². The summed E-state index contributed by atoms with van der Waals surface area (Å²) >= 11 is 0. The van der Waals surface area contributed by atoms with E-state index in [2.05, 4.69) is 21.6 Å². The van der Waals surface area contributed by atoms with Crippen molar-refractivity contribution in [3.05, 3.63) is 89.5 Å². The van der Waals surface area contributed by atoms with Crippen molar-refractivity contribution in [3.63, 3.8) is 0 Å². The molecule has 1 aromatic heterocycles. The Morgan fingerprint density at radius 1 is 0.786 bits per heavy atom. The van der Waals surface area contributed by atoms with Crippen LogP contribution >= 0.6 is 0 Å². The van der Waals surface area contributed by atoms with Gasteiger partial charge in [0.1, 0.15) is 0 Å². The Kier molecular flexibility index (Phi) is 4.72. The Morgan fingerprint density at radius 2 is 1.43 bits per heavy atom. The van der Waals surface area contributed by atoms with Gasteiger partial charge in [-0.2, -0.15) is 0 Å². The lowest BCUT2D eigenvalue weighted by Gasteiger charge is -2.04. The van der Waals surface area contributed by atoms with Crippen LogP contribution in [0.15, 0.2) is 77.2 Å². The highest BCUT2D eigenvalue weighted by Crippen LogP contribution is 2.23. The number of anilines is 1. The number of amides is 1. The number of hydrogen-bond acceptors (Lipinski definition) is 4. The average molecular weight is 369 g/mol. The number of nitrogens with one attached hydrogen (secondary N) is 1. The molecule has 4 rings (SSSR count). The first-order valence-corrected chi connectivity index (χ1v) is 8.97. The number of hydrogen-bond donors (Lipinski definition) is 1. The van der Waals surface area contributed by atoms with Gasteiger partial charge in [0, 0.05) is 11.1 Å². The fourth-order valence-electron chi connectivity index (χ4n) is 3.10. The monoisotopic (exact) mass is 369 g/mol. The second-order valence-corrected chi connectivity index (χ2v) is 6.69. The predicted octanol–water partition coefficient (Wildman–Crippen LogP) is 5.27. The molecule has 0 radical (unpaired) electrons. The van der Waals surface area contributed by atoms with Gasteiger partial charge in [-0.15, -0.1) is 5.10 Å². The Labute approximate surface area is 163 Å². The molecule has 0 fully saturated rings. The van der Waals surface area contributed by atoms with Gasteiger partial charge >= 0.3 is 6.01 Å². The van der Waals surface area contributed by atoms with Crippen molar-refractivity contribution >= 4 is 11.9 Å². The van der Waals surface area contributed by atoms with Crippen LogP contribution < -0.4 is 5.32 Å². The highest BCUT2D eigenvalue weighted by atomic mass is 16.4. The Morgan fingerprint density at radius 3 is 2.11 bits per heavy atom. The summed E-state index contributed by atoms with van der Waals surface area (Å²) in [6.45, 7) is 4.02. The maximum atomic E-state index is 12.5. The smallest absolute Gasteiger partial charge is 0.322 e. The largest absolute Gasteiger partial charge is 0.403 e. The van der Waals surface area contributed by atoms with E-state index in [0.29, 0.717) is 11.5 Å². The van der Waals surface area contributed by atoms with Gasteiger partial charge in [0.05, 0.1) is 0 Å². The van der Waals surface area contributed by atoms with E-state index in [4.69, 9.17) is 4.42 Å². The third kappa shape index (κ3) is 3.83. The molecule has 0 spiro atoms. The van der Waals surface area contributed by atoms with Crippen LogP contribution in [0.5, 0.6) is 0 Å². The zero-order chi connectivity index (χ0) is 19.5. The Hall–Kier alpha value is -3.73. The maximum Gasteiger partial charge on any atom is 0.322 e. The minimum absolute atomic E-state index is 0.0753. The van der Waals surface area contributed by atoms with Crippen LogP contribution in [0.1, 0.15) is 21.5 Å². The summed E-state index contributed by atoms with van der Waals surface area (Å²) in [5.74, 6) is 0.0803. The molecular formula is C23H19N3O2. The average Bonchev–Trinajstić information content (AvgIpc) is 3.17. The molecule has 0 aliphatic carbocycles. The lowest BCUT2D eigenvalue weighted by atomic mass is 10.0. The van der Waals surface area contributed by atoms with E-state index < -0.39 is 0 Å². The highest BCUT2D eigenvalue weighted by Gasteiger charge is 2.13. The fraction of sp³-hybridized carbons (Fsp3) is 0.0870. The van der Waals surface area contributed by atoms with Crippen LogP contribution in [-0.4, -0.2) is 16.1 Å². The SMILES string of the molecule is Cc1cc(C)cc(-c2nnc(NC(=O)c3ccc(-c4ccccc4)cc3)o2)c1. The van der Waals surface area contributed by atoms with E-state index in [1.54, 1.807) is 12.1 Å². The zero-order valence-corrected chi connectivity index (χ0v) is 15.6. The van der Waals surface area contributed by atoms with E-state index in [0.717, 1.165) is 27.8 Å². The van der Waals surface area contributed by atoms with Gasteiger partial charge in [-0.3, -0.25) is 10.1 Å². The minimum atomic E-state index is -0.296. The number of carbonyl (C=O) groups excluding carboxylic acids is 1. The first kappa shape index (κ1) is 17.7. The normalized spacial score (nSPS) is 10.6. The lowest BCUT2D eigenvalue weighted by Crippen LogP contribution is -2.11. The number of nitrogens with zero attached hydrogens (tertiary/aromatic N) is 2. The number of carbonyl (C=O) groups is 1. The summed E-state index contributed by atoms with van der Waals surface area (Å²) in [6, 6.07) is 23.5. The molecule has 28 heavy (non-hydrogen) atoms. The van der Waals surface area contributed by atoms with Crippen molar-refractivity contribution in [1.82, 2.24) is 10.2 Å². The van der Waals surface area contributed by atoms with Crippen molar-refractivity contribution in [3.8, 4) is 22.6 Å². The molecule has 3 aromatic carbocycles. The Bertz CT molecular complexity index is 1100. The molecule has 1 amide bonds. The molecule has 0 saturated heterocycles. The van der Waals surface area contributed by atoms with Crippen LogP contribution in [0.3, 0.4) is 0 Å². The number of rotatable bonds is 4. The Balaban J connectivity index is 1.49. The summed E-state index contributed by atoms with van der Waals surface area (Å²) in [6.07, 6.45) is 0. The van der Waals surface area contributed by atoms with E-state index in [-0.39, 0.29) is 11.9 Å². The van der Waals surface area contributed by atoms with Gasteiger partial charge in [-0.05, 0) is 49.2 Å². The molecule has 0 aliphatic rings. The standard InChI is InChI=1S/C23H19N3O2/c1-15-12-16(2)14-20(13-15)22-25-26-23(28-22)24-21(27)19-10-8-18(9-11-19)17-6-4-3-5-7-17/h3-14H,1-2H3,(H,24,26,27). The fourth-order valence-corrected chi connectivity index (χ4v) is 3.10. The van der Waals surface area contributed by atoms with E-state index in [1.165, 1.54) is 0 Å². The van der Waals surface area contributed by atoms with Crippen LogP contribution in [0.2, 0.25) is 0 Å². The molecule has 0 saturated carbocycles. The molecule has 5 nitrogen and oxygen atoms in total. The first-order chi connectivity index (χ1) is 13.6. The molecule has 1 heterocycles. The maximum absolute atomic E-state index is 12.5. The van der Waals surface area contributed by atoms with Crippen molar-refractivity contribution in [1.29, 1.82) is 0 Å². The van der Waals surface area contributed by atoms with Crippen molar-refractivity contribution < 1.29 is 9.21 Å². The van der Waals surface area contributed by atoms with Gasteiger partial charge in [0.25, 0.3) is 5.91 Å². The van der Waals surface area contributed by atoms with Gasteiger partial charge < -0.3 is 4.42 Å². The van der Waals surface area contributed by atoms with Gasteiger partial charge in [-0.25, -0.2) is 0 Å². The van der Waals surface area contributed by atoms with Crippen molar-refractivity contribution in [2.75, 3.05) is 5.32 Å². The molecule has 5 heteroatoms. The number of benzene rings is 3. The second-order valence-electron chi connectivity index (χ2n) is 6.69. The van der Waals surface area contributed by atoms with E-state index >= 15 is 0 Å². The van der Waals surface area contributed by atoms with Gasteiger partial charge in [0.2, 0.25) is 5.89 Å². The van der Waals surface area contributed by atoms with Gasteiger partial charge in [0.15, 0.2) is 0 Å². The molecule has 0 atom stereocenters. The van der Waals surface area contributed by atoms with E-state index in [9.17, 15) is 4.79 Å². The number of aromatic nitrogens is 2. The highest BCUT2D eigenvalue weighted by molar-refractivity contribution is 6.03. The third-order valence-electron chi connectivity index (χ3n) is 4.37. The summed E-state index contributed by atoms with van der Waals surface area (Å²) in [5.41, 5.74) is 5.72. The van der Waals surface area contributed by atoms with Crippen LogP contribution in [0.25, 0.3) is 22.6 Å². The molecule has 0 aliphatic heterocycles. The molecule has 0 unspecified atom stereocenters. The van der Waals surface area contributed by atoms with E-state index in [1.807, 2.05) is 68.4 Å². The van der Waals surface area contributed by atoms with Crippen LogP contribution in [-0.2, 0) is 0 Å². The number of aryl methyl sites for hydroxylation is 2. The predicted molar refractivity (Wildman–Crippen MR) is 109 cm³/mol. The topological polar surface area (TPSA) is 68.0 Å². The zero-order valence-electron chi connectivity index (χ0n) is 15.6. The molecule has 0 bridgehead atoms. The molecule has 4 aromatic rings. The third-order valence-corrected chi connectivity index (χ3v) is 4.37. The molecule has 1 N–H and O–H groups in total. The second kappa shape index (κ2) is 7.48. The van der Waals surface area contributed by atoms with Crippen LogP contribution in [0, 0.1) is 13.8 Å². The molecule has 138 valence electrons. The molecular weight excluding hydrogens is 350 g/mol. The lowest BCUT2D eigenvalue weighted by molar-refractivity contribution is 0.102. The summed E-state index contributed by atoms with van der Waals surface area (Å²) in [4.78, 5) is 12.5. The van der Waals surface area contributed by atoms with Crippen molar-refractivity contribution in [2.45, 2.75) is 13.8 Å². The van der Waals surface area contributed by atoms with Crippen LogP contribution in [0.4, 0.5) is 6.01 Å². The summed E-state index contributed by atoms with van der Waals surface area (Å²) in [7, 11) is 0. The van der Waals surface area contributed by atoms with Gasteiger partial charge in [-0.1, -0.05) is 64.8 Å².